The number of carbonyl (C=O) groups excluding carboxylic acids is 3. The van der Waals surface area contributed by atoms with Crippen molar-refractivity contribution in [1.82, 2.24) is 4.90 Å². The van der Waals surface area contributed by atoms with Crippen molar-refractivity contribution in [3.05, 3.63) is 51.4 Å². The van der Waals surface area contributed by atoms with E-state index >= 15 is 0 Å². The highest BCUT2D eigenvalue weighted by Gasteiger charge is 2.32. The normalized spacial score (nSPS) is 21.0. The van der Waals surface area contributed by atoms with Gasteiger partial charge in [0.25, 0.3) is 11.8 Å². The van der Waals surface area contributed by atoms with Crippen molar-refractivity contribution in [3.63, 3.8) is 0 Å². The maximum atomic E-state index is 13.4. The summed E-state index contributed by atoms with van der Waals surface area (Å²) >= 11 is 6.20. The Labute approximate surface area is 186 Å². The molecule has 0 bridgehead atoms. The molecule has 1 N–H and O–H groups in total. The molecule has 4 rings (SSSR count). The molecular weight excluding hydrogens is 416 g/mol. The van der Waals surface area contributed by atoms with Gasteiger partial charge in [-0.05, 0) is 64.7 Å². The van der Waals surface area contributed by atoms with Crippen molar-refractivity contribution >= 4 is 34.9 Å². The maximum Gasteiger partial charge on any atom is 0.291 e. The van der Waals surface area contributed by atoms with Crippen LogP contribution in [0.2, 0.25) is 5.02 Å². The van der Waals surface area contributed by atoms with Crippen molar-refractivity contribution < 1.29 is 18.8 Å². The summed E-state index contributed by atoms with van der Waals surface area (Å²) in [4.78, 5) is 40.6. The second kappa shape index (κ2) is 8.50. The molecule has 7 heteroatoms. The molecule has 0 radical (unpaired) electrons. The number of amides is 2. The lowest BCUT2D eigenvalue weighted by atomic mass is 9.94. The molecule has 6 nitrogen and oxygen atoms in total. The average molecular weight is 443 g/mol. The number of rotatable bonds is 3. The minimum atomic E-state index is -0.476. The van der Waals surface area contributed by atoms with Gasteiger partial charge in [-0.1, -0.05) is 11.6 Å². The van der Waals surface area contributed by atoms with Crippen LogP contribution in [0.15, 0.2) is 22.6 Å². The van der Waals surface area contributed by atoms with Gasteiger partial charge in [0.15, 0.2) is 11.5 Å². The van der Waals surface area contributed by atoms with E-state index in [4.69, 9.17) is 16.0 Å². The Morgan fingerprint density at radius 3 is 2.52 bits per heavy atom. The minimum Gasteiger partial charge on any atom is -0.455 e. The molecule has 2 unspecified atom stereocenters. The fourth-order valence-corrected chi connectivity index (χ4v) is 4.98. The quantitative estimate of drug-likeness (QED) is 0.688. The van der Waals surface area contributed by atoms with Gasteiger partial charge in [0.05, 0.1) is 16.8 Å². The predicted octanol–water partition coefficient (Wildman–Crippen LogP) is 5.42. The highest BCUT2D eigenvalue weighted by Crippen LogP contribution is 2.32. The van der Waals surface area contributed by atoms with E-state index < -0.39 is 5.91 Å². The number of anilines is 1. The Morgan fingerprint density at radius 2 is 1.84 bits per heavy atom. The summed E-state index contributed by atoms with van der Waals surface area (Å²) in [6, 6.07) is 5.10. The first-order chi connectivity index (χ1) is 14.8. The van der Waals surface area contributed by atoms with E-state index in [-0.39, 0.29) is 29.5 Å². The van der Waals surface area contributed by atoms with Crippen LogP contribution in [0, 0.1) is 6.92 Å². The van der Waals surface area contributed by atoms with Crippen LogP contribution in [0.3, 0.4) is 0 Å². The Hall–Kier alpha value is -2.60. The second-order valence-corrected chi connectivity index (χ2v) is 9.05. The van der Waals surface area contributed by atoms with Crippen molar-refractivity contribution in [2.24, 2.45) is 0 Å². The summed E-state index contributed by atoms with van der Waals surface area (Å²) in [5, 5.41) is 3.24. The van der Waals surface area contributed by atoms with Crippen LogP contribution in [0.1, 0.15) is 88.5 Å². The molecule has 31 heavy (non-hydrogen) atoms. The standard InChI is InChI=1S/C24H27ClN2O4/c1-13-6-4-7-14(2)27(13)24(30)17-12-16(25)10-11-18(17)26-23(29)22-15(3)21-19(28)8-5-9-20(21)31-22/h10-14H,4-9H2,1-3H3,(H,26,29). The zero-order chi connectivity index (χ0) is 22.3. The summed E-state index contributed by atoms with van der Waals surface area (Å²) < 4.78 is 5.76. The number of nitrogens with one attached hydrogen (secondary N) is 1. The average Bonchev–Trinajstić information content (AvgIpc) is 3.07. The van der Waals surface area contributed by atoms with Gasteiger partial charge in [0.1, 0.15) is 5.76 Å². The Bertz CT molecular complexity index is 1050. The zero-order valence-corrected chi connectivity index (χ0v) is 18.8. The number of furan rings is 1. The molecular formula is C24H27ClN2O4. The topological polar surface area (TPSA) is 79.6 Å². The van der Waals surface area contributed by atoms with E-state index in [2.05, 4.69) is 5.32 Å². The number of nitrogens with zero attached hydrogens (tertiary/aromatic N) is 1. The van der Waals surface area contributed by atoms with E-state index in [0.717, 1.165) is 25.7 Å². The number of halogens is 1. The number of hydrogen-bond acceptors (Lipinski definition) is 4. The number of aryl methyl sites for hydroxylation is 1. The minimum absolute atomic E-state index is 0.0111. The molecule has 1 aromatic heterocycles. The third-order valence-electron chi connectivity index (χ3n) is 6.40. The van der Waals surface area contributed by atoms with E-state index in [9.17, 15) is 14.4 Å². The number of ketones is 1. The first-order valence-electron chi connectivity index (χ1n) is 10.9. The SMILES string of the molecule is Cc1c(C(=O)Nc2ccc(Cl)cc2C(=O)N2C(C)CCCC2C)oc2c1C(=O)CCC2. The number of carbonyl (C=O) groups is 3. The fourth-order valence-electron chi connectivity index (χ4n) is 4.81. The van der Waals surface area contributed by atoms with Gasteiger partial charge in [-0.3, -0.25) is 14.4 Å². The van der Waals surface area contributed by atoms with Crippen LogP contribution in [-0.4, -0.2) is 34.6 Å². The number of piperidine rings is 1. The molecule has 2 aromatic rings. The van der Waals surface area contributed by atoms with Crippen LogP contribution in [0.4, 0.5) is 5.69 Å². The molecule has 1 fully saturated rings. The van der Waals surface area contributed by atoms with Gasteiger partial charge in [-0.25, -0.2) is 0 Å². The van der Waals surface area contributed by atoms with Crippen LogP contribution in [-0.2, 0) is 6.42 Å². The number of likely N-dealkylation sites (tertiary alicyclic amines) is 1. The first kappa shape index (κ1) is 21.6. The fraction of sp³-hybridized carbons (Fsp3) is 0.458. The lowest BCUT2D eigenvalue weighted by Crippen LogP contribution is -2.47. The molecule has 2 heterocycles. The maximum absolute atomic E-state index is 13.4. The Morgan fingerprint density at radius 1 is 1.13 bits per heavy atom. The van der Waals surface area contributed by atoms with E-state index in [1.54, 1.807) is 25.1 Å². The van der Waals surface area contributed by atoms with Crippen molar-refractivity contribution in [2.45, 2.75) is 71.4 Å². The van der Waals surface area contributed by atoms with E-state index in [1.165, 1.54) is 0 Å². The zero-order valence-electron chi connectivity index (χ0n) is 18.1. The van der Waals surface area contributed by atoms with Gasteiger partial charge in [0.2, 0.25) is 0 Å². The molecule has 2 amide bonds. The lowest BCUT2D eigenvalue weighted by Gasteiger charge is -2.39. The van der Waals surface area contributed by atoms with Crippen molar-refractivity contribution in [2.75, 3.05) is 5.32 Å². The highest BCUT2D eigenvalue weighted by atomic mass is 35.5. The smallest absolute Gasteiger partial charge is 0.291 e. The third kappa shape index (κ3) is 4.01. The number of Topliss-reactive ketones (excluding diaryl/α,β-unsaturated/α-hetero) is 1. The summed E-state index contributed by atoms with van der Waals surface area (Å²) in [6.45, 7) is 5.82. The molecule has 1 aromatic carbocycles. The summed E-state index contributed by atoms with van der Waals surface area (Å²) in [6.07, 6.45) is 4.82. The first-order valence-corrected chi connectivity index (χ1v) is 11.2. The Kier molecular flexibility index (Phi) is 5.93. The molecule has 0 saturated carbocycles. The third-order valence-corrected chi connectivity index (χ3v) is 6.64. The van der Waals surface area contributed by atoms with Gasteiger partial charge in [-0.15, -0.1) is 0 Å². The number of fused-ring (bicyclic) bond motifs is 1. The molecule has 2 atom stereocenters. The molecule has 1 aliphatic carbocycles. The van der Waals surface area contributed by atoms with E-state index in [1.807, 2.05) is 18.7 Å². The Balaban J connectivity index is 1.65. The molecule has 0 spiro atoms. The molecule has 1 aliphatic heterocycles. The summed E-state index contributed by atoms with van der Waals surface area (Å²) in [7, 11) is 0. The number of benzene rings is 1. The van der Waals surface area contributed by atoms with Crippen LogP contribution >= 0.6 is 11.6 Å². The van der Waals surface area contributed by atoms with Crippen molar-refractivity contribution in [3.8, 4) is 0 Å². The van der Waals surface area contributed by atoms with Gasteiger partial charge < -0.3 is 14.6 Å². The van der Waals surface area contributed by atoms with Crippen LogP contribution < -0.4 is 5.32 Å². The van der Waals surface area contributed by atoms with Gasteiger partial charge >= 0.3 is 0 Å². The van der Waals surface area contributed by atoms with Crippen LogP contribution in [0.5, 0.6) is 0 Å². The van der Waals surface area contributed by atoms with Crippen molar-refractivity contribution in [1.29, 1.82) is 0 Å². The molecule has 2 aliphatic rings. The highest BCUT2D eigenvalue weighted by molar-refractivity contribution is 6.31. The molecule has 164 valence electrons. The summed E-state index contributed by atoms with van der Waals surface area (Å²) in [5.74, 6) is 0.0755. The number of hydrogen-bond donors (Lipinski definition) is 1. The van der Waals surface area contributed by atoms with Gasteiger partial charge in [-0.2, -0.15) is 0 Å². The van der Waals surface area contributed by atoms with E-state index in [0.29, 0.717) is 46.0 Å². The molecule has 1 saturated heterocycles. The van der Waals surface area contributed by atoms with Gasteiger partial charge in [0, 0.05) is 35.5 Å². The summed E-state index contributed by atoms with van der Waals surface area (Å²) in [5.41, 5.74) is 1.81. The second-order valence-electron chi connectivity index (χ2n) is 8.62. The monoisotopic (exact) mass is 442 g/mol. The predicted molar refractivity (Wildman–Crippen MR) is 119 cm³/mol. The van der Waals surface area contributed by atoms with Crippen LogP contribution in [0.25, 0.3) is 0 Å². The largest absolute Gasteiger partial charge is 0.455 e. The lowest BCUT2D eigenvalue weighted by molar-refractivity contribution is 0.0511.